The molecule has 0 aliphatic carbocycles. The van der Waals surface area contributed by atoms with Crippen molar-refractivity contribution in [3.63, 3.8) is 0 Å². The van der Waals surface area contributed by atoms with Crippen LogP contribution in [0.1, 0.15) is 31.0 Å². The van der Waals surface area contributed by atoms with E-state index in [1.807, 2.05) is 0 Å². The molecule has 34 heavy (non-hydrogen) atoms. The third kappa shape index (κ3) is 4.14. The van der Waals surface area contributed by atoms with Crippen molar-refractivity contribution in [3.8, 4) is 17.2 Å². The van der Waals surface area contributed by atoms with E-state index in [-0.39, 0.29) is 18.3 Å². The van der Waals surface area contributed by atoms with Gasteiger partial charge in [0.15, 0.2) is 11.5 Å². The van der Waals surface area contributed by atoms with Crippen LogP contribution in [-0.4, -0.2) is 48.5 Å². The number of hydrogen-bond acceptors (Lipinski definition) is 7. The summed E-state index contributed by atoms with van der Waals surface area (Å²) in [6.45, 7) is 3.67. The summed E-state index contributed by atoms with van der Waals surface area (Å²) in [6, 6.07) is 11.2. The molecule has 4 rings (SSSR count). The Morgan fingerprint density at radius 2 is 1.79 bits per heavy atom. The van der Waals surface area contributed by atoms with Gasteiger partial charge in [0.05, 0.1) is 38.1 Å². The fourth-order valence-electron chi connectivity index (χ4n) is 4.21. The number of allylic oxidation sites excluding steroid dienone is 1. The van der Waals surface area contributed by atoms with Gasteiger partial charge in [0, 0.05) is 12.0 Å². The molecule has 0 saturated heterocycles. The van der Waals surface area contributed by atoms with Crippen LogP contribution >= 0.6 is 0 Å². The Labute approximate surface area is 197 Å². The Hall–Kier alpha value is -4.07. The first-order valence-corrected chi connectivity index (χ1v) is 10.9. The van der Waals surface area contributed by atoms with E-state index in [1.165, 1.54) is 12.0 Å². The molecular formula is C26H26N2O6. The van der Waals surface area contributed by atoms with Gasteiger partial charge in [-0.3, -0.25) is 9.69 Å². The first-order valence-electron chi connectivity index (χ1n) is 10.9. The first-order chi connectivity index (χ1) is 16.4. The highest BCUT2D eigenvalue weighted by Crippen LogP contribution is 2.42. The van der Waals surface area contributed by atoms with Crippen molar-refractivity contribution < 1.29 is 28.9 Å². The summed E-state index contributed by atoms with van der Waals surface area (Å²) in [4.78, 5) is 32.7. The van der Waals surface area contributed by atoms with Crippen LogP contribution < -0.4 is 9.47 Å². The third-order valence-corrected chi connectivity index (χ3v) is 5.80. The molecule has 2 heterocycles. The van der Waals surface area contributed by atoms with Gasteiger partial charge in [0.2, 0.25) is 0 Å². The molecule has 0 radical (unpaired) electrons. The van der Waals surface area contributed by atoms with Crippen LogP contribution in [0.3, 0.4) is 0 Å². The number of amidine groups is 1. The maximum atomic E-state index is 13.6. The lowest BCUT2D eigenvalue weighted by Gasteiger charge is -2.34. The predicted molar refractivity (Wildman–Crippen MR) is 126 cm³/mol. The molecule has 8 heteroatoms. The van der Waals surface area contributed by atoms with Gasteiger partial charge in [-0.05, 0) is 55.3 Å². The minimum atomic E-state index is -0.743. The molecule has 0 bridgehead atoms. The summed E-state index contributed by atoms with van der Waals surface area (Å²) in [6.07, 6.45) is 2.11. The molecule has 8 nitrogen and oxygen atoms in total. The number of carbonyl (C=O) groups excluding carboxylic acids is 2. The van der Waals surface area contributed by atoms with E-state index >= 15 is 0 Å². The Morgan fingerprint density at radius 3 is 2.44 bits per heavy atom. The van der Waals surface area contributed by atoms with Gasteiger partial charge in [-0.15, -0.1) is 0 Å². The van der Waals surface area contributed by atoms with Crippen molar-refractivity contribution in [2.24, 2.45) is 4.99 Å². The molecule has 2 aromatic carbocycles. The van der Waals surface area contributed by atoms with Gasteiger partial charge in [-0.25, -0.2) is 9.79 Å². The average Bonchev–Trinajstić information content (AvgIpc) is 3.13. The number of hydrogen-bond donors (Lipinski definition) is 1. The van der Waals surface area contributed by atoms with Crippen LogP contribution in [0.2, 0.25) is 0 Å². The van der Waals surface area contributed by atoms with E-state index in [1.54, 1.807) is 69.5 Å². The fourth-order valence-corrected chi connectivity index (χ4v) is 4.21. The number of methoxy groups -OCH3 is 2. The fraction of sp³-hybridized carbons (Fsp3) is 0.269. The quantitative estimate of drug-likeness (QED) is 0.630. The molecule has 1 amide bonds. The number of carbonyl (C=O) groups is 2. The molecule has 2 aliphatic heterocycles. The van der Waals surface area contributed by atoms with Crippen molar-refractivity contribution in [2.45, 2.75) is 26.3 Å². The Balaban J connectivity index is 1.79. The van der Waals surface area contributed by atoms with Crippen LogP contribution in [0, 0.1) is 0 Å². The molecule has 1 atom stereocenters. The van der Waals surface area contributed by atoms with Crippen molar-refractivity contribution in [2.75, 3.05) is 20.8 Å². The normalized spacial score (nSPS) is 17.2. The maximum Gasteiger partial charge on any atom is 0.338 e. The molecule has 2 aliphatic rings. The van der Waals surface area contributed by atoms with E-state index in [9.17, 15) is 14.7 Å². The zero-order valence-corrected chi connectivity index (χ0v) is 19.5. The van der Waals surface area contributed by atoms with Crippen molar-refractivity contribution in [1.29, 1.82) is 0 Å². The summed E-state index contributed by atoms with van der Waals surface area (Å²) in [5.41, 5.74) is 2.86. The van der Waals surface area contributed by atoms with Crippen LogP contribution in [0.5, 0.6) is 17.2 Å². The monoisotopic (exact) mass is 462 g/mol. The standard InChI is InChI=1S/C26H26N2O6/c1-5-34-26(31)23-15(2)27-22-14-18(12-16-6-9-19(29)10-7-16)25(30)28(22)24(23)17-8-11-20(32-3)21(13-17)33-4/h6-11,13-14,24,29H,5,12H2,1-4H3. The molecule has 2 aromatic rings. The van der Waals surface area contributed by atoms with Crippen molar-refractivity contribution in [3.05, 3.63) is 76.5 Å². The molecule has 0 spiro atoms. The number of rotatable bonds is 7. The summed E-state index contributed by atoms with van der Waals surface area (Å²) >= 11 is 0. The zero-order chi connectivity index (χ0) is 24.4. The summed E-state index contributed by atoms with van der Waals surface area (Å²) in [5, 5.41) is 9.56. The van der Waals surface area contributed by atoms with E-state index in [2.05, 4.69) is 4.99 Å². The molecule has 176 valence electrons. The second kappa shape index (κ2) is 9.43. The maximum absolute atomic E-state index is 13.6. The second-order valence-electron chi connectivity index (χ2n) is 7.89. The van der Waals surface area contributed by atoms with E-state index in [0.29, 0.717) is 46.2 Å². The Kier molecular flexibility index (Phi) is 6.40. The highest BCUT2D eigenvalue weighted by molar-refractivity contribution is 6.20. The van der Waals surface area contributed by atoms with Crippen LogP contribution in [-0.2, 0) is 20.7 Å². The van der Waals surface area contributed by atoms with Crippen molar-refractivity contribution >= 4 is 17.7 Å². The number of amides is 1. The number of benzene rings is 2. The lowest BCUT2D eigenvalue weighted by atomic mass is 9.93. The number of phenols is 1. The largest absolute Gasteiger partial charge is 0.508 e. The Morgan fingerprint density at radius 1 is 1.09 bits per heavy atom. The van der Waals surface area contributed by atoms with Gasteiger partial charge in [0.1, 0.15) is 11.6 Å². The first kappa shape index (κ1) is 23.1. The van der Waals surface area contributed by atoms with Crippen LogP contribution in [0.15, 0.2) is 70.4 Å². The van der Waals surface area contributed by atoms with Crippen LogP contribution in [0.4, 0.5) is 0 Å². The Bertz CT molecular complexity index is 1230. The number of ether oxygens (including phenoxy) is 3. The highest BCUT2D eigenvalue weighted by Gasteiger charge is 2.43. The predicted octanol–water partition coefficient (Wildman–Crippen LogP) is 3.71. The second-order valence-corrected chi connectivity index (χ2v) is 7.89. The summed E-state index contributed by atoms with van der Waals surface area (Å²) < 4.78 is 16.1. The van der Waals surface area contributed by atoms with Gasteiger partial charge in [-0.2, -0.15) is 0 Å². The van der Waals surface area contributed by atoms with E-state index in [0.717, 1.165) is 5.56 Å². The van der Waals surface area contributed by atoms with Gasteiger partial charge < -0.3 is 19.3 Å². The number of aromatic hydroxyl groups is 1. The summed E-state index contributed by atoms with van der Waals surface area (Å²) in [7, 11) is 3.07. The lowest BCUT2D eigenvalue weighted by Crippen LogP contribution is -2.41. The molecule has 0 saturated carbocycles. The number of fused-ring (bicyclic) bond motifs is 1. The van der Waals surface area contributed by atoms with E-state index < -0.39 is 12.0 Å². The highest BCUT2D eigenvalue weighted by atomic mass is 16.5. The summed E-state index contributed by atoms with van der Waals surface area (Å²) in [5.74, 6) is 0.860. The minimum Gasteiger partial charge on any atom is -0.508 e. The minimum absolute atomic E-state index is 0.157. The van der Waals surface area contributed by atoms with Crippen molar-refractivity contribution in [1.82, 2.24) is 4.90 Å². The number of aliphatic imine (C=N–C) groups is 1. The zero-order valence-electron chi connectivity index (χ0n) is 19.5. The van der Waals surface area contributed by atoms with Gasteiger partial charge in [0.25, 0.3) is 5.91 Å². The molecule has 1 N–H and O–H groups in total. The van der Waals surface area contributed by atoms with Crippen LogP contribution in [0.25, 0.3) is 0 Å². The smallest absolute Gasteiger partial charge is 0.338 e. The van der Waals surface area contributed by atoms with Gasteiger partial charge >= 0.3 is 5.97 Å². The molecular weight excluding hydrogens is 436 g/mol. The number of phenolic OH excluding ortho intramolecular Hbond substituents is 1. The molecule has 0 fully saturated rings. The average molecular weight is 463 g/mol. The van der Waals surface area contributed by atoms with Gasteiger partial charge in [-0.1, -0.05) is 18.2 Å². The third-order valence-electron chi connectivity index (χ3n) is 5.80. The topological polar surface area (TPSA) is 97.7 Å². The molecule has 1 unspecified atom stereocenters. The number of esters is 1. The SMILES string of the molecule is CCOC(=O)C1=C(C)N=C2C=C(Cc3ccc(O)cc3)C(=O)N2C1c1ccc(OC)c(OC)c1. The molecule has 0 aromatic heterocycles. The van der Waals surface area contributed by atoms with E-state index in [4.69, 9.17) is 14.2 Å². The number of nitrogens with zero attached hydrogens (tertiary/aromatic N) is 2. The lowest BCUT2D eigenvalue weighted by molar-refractivity contribution is -0.139.